The van der Waals surface area contributed by atoms with E-state index in [9.17, 15) is 19.2 Å². The van der Waals surface area contributed by atoms with E-state index in [0.29, 0.717) is 23.0 Å². The van der Waals surface area contributed by atoms with Gasteiger partial charge >= 0.3 is 12.0 Å². The first-order chi connectivity index (χ1) is 13.3. The summed E-state index contributed by atoms with van der Waals surface area (Å²) in [6.45, 7) is 1.76. The zero-order valence-electron chi connectivity index (χ0n) is 15.6. The molecule has 152 valence electrons. The Morgan fingerprint density at radius 2 is 2.07 bits per heavy atom. The van der Waals surface area contributed by atoms with E-state index in [1.54, 1.807) is 18.2 Å². The second kappa shape index (κ2) is 9.93. The van der Waals surface area contributed by atoms with Gasteiger partial charge in [-0.3, -0.25) is 19.7 Å². The van der Waals surface area contributed by atoms with Crippen LogP contribution in [-0.2, 0) is 19.1 Å². The maximum absolute atomic E-state index is 12.3. The molecular formula is C18H22ClN3O6. The summed E-state index contributed by atoms with van der Waals surface area (Å²) in [7, 11) is 1.47. The van der Waals surface area contributed by atoms with Crippen LogP contribution >= 0.6 is 11.6 Å². The fourth-order valence-electron chi connectivity index (χ4n) is 2.67. The molecule has 4 amide bonds. The lowest BCUT2D eigenvalue weighted by Gasteiger charge is -2.19. The Morgan fingerprint density at radius 3 is 2.75 bits per heavy atom. The highest BCUT2D eigenvalue weighted by molar-refractivity contribution is 6.31. The van der Waals surface area contributed by atoms with Crippen molar-refractivity contribution in [2.45, 2.75) is 19.8 Å². The van der Waals surface area contributed by atoms with Gasteiger partial charge in [-0.2, -0.15) is 0 Å². The van der Waals surface area contributed by atoms with Gasteiger partial charge in [0.05, 0.1) is 18.7 Å². The maximum Gasteiger partial charge on any atom is 0.321 e. The normalized spacial score (nSPS) is 15.9. The summed E-state index contributed by atoms with van der Waals surface area (Å²) in [5.41, 5.74) is 0.459. The molecule has 1 aliphatic heterocycles. The smallest absolute Gasteiger partial charge is 0.321 e. The molecule has 1 fully saturated rings. The van der Waals surface area contributed by atoms with Crippen molar-refractivity contribution < 1.29 is 28.7 Å². The van der Waals surface area contributed by atoms with E-state index < -0.39 is 30.4 Å². The molecule has 0 unspecified atom stereocenters. The first kappa shape index (κ1) is 21.5. The average Bonchev–Trinajstić information content (AvgIpc) is 3.06. The molecule has 28 heavy (non-hydrogen) atoms. The number of carbonyl (C=O) groups excluding carboxylic acids is 4. The molecule has 1 aromatic carbocycles. The van der Waals surface area contributed by atoms with Crippen LogP contribution in [0.25, 0.3) is 0 Å². The van der Waals surface area contributed by atoms with E-state index >= 15 is 0 Å². The maximum atomic E-state index is 12.3. The lowest BCUT2D eigenvalue weighted by atomic mass is 10.1. The predicted molar refractivity (Wildman–Crippen MR) is 101 cm³/mol. The Labute approximate surface area is 167 Å². The summed E-state index contributed by atoms with van der Waals surface area (Å²) in [5, 5.41) is 4.94. The highest BCUT2D eigenvalue weighted by Gasteiger charge is 2.37. The molecule has 1 aliphatic rings. The molecule has 0 aromatic heterocycles. The summed E-state index contributed by atoms with van der Waals surface area (Å²) in [4.78, 5) is 49.0. The molecule has 2 N–H and O–H groups in total. The van der Waals surface area contributed by atoms with Crippen molar-refractivity contribution in [3.63, 3.8) is 0 Å². The quantitative estimate of drug-likeness (QED) is 0.657. The van der Waals surface area contributed by atoms with E-state index in [-0.39, 0.29) is 18.9 Å². The number of benzene rings is 1. The topological polar surface area (TPSA) is 114 Å². The van der Waals surface area contributed by atoms with Crippen molar-refractivity contribution >= 4 is 41.1 Å². The molecule has 1 aromatic rings. The third kappa shape index (κ3) is 5.59. The number of methoxy groups -OCH3 is 1. The first-order valence-electron chi connectivity index (χ1n) is 8.74. The monoisotopic (exact) mass is 411 g/mol. The van der Waals surface area contributed by atoms with E-state index in [0.717, 1.165) is 6.42 Å². The van der Waals surface area contributed by atoms with Crippen LogP contribution in [0.1, 0.15) is 19.8 Å². The number of nitrogens with one attached hydrogen (secondary N) is 2. The minimum atomic E-state index is -0.750. The zero-order chi connectivity index (χ0) is 20.7. The summed E-state index contributed by atoms with van der Waals surface area (Å²) in [6.07, 6.45) is 0.660. The minimum absolute atomic E-state index is 0.0624. The van der Waals surface area contributed by atoms with Gasteiger partial charge in [-0.1, -0.05) is 18.5 Å². The van der Waals surface area contributed by atoms with E-state index in [2.05, 4.69) is 10.6 Å². The number of hydrogen-bond donors (Lipinski definition) is 2. The Kier molecular flexibility index (Phi) is 7.62. The number of carbonyl (C=O) groups is 4. The van der Waals surface area contributed by atoms with Crippen LogP contribution < -0.4 is 20.3 Å². The van der Waals surface area contributed by atoms with Gasteiger partial charge in [0, 0.05) is 24.5 Å². The standard InChI is InChI=1S/C18H22ClN3O6/c1-3-6-20-18(26)21-15(23)10-28-17(25)11-7-16(24)22(9-11)13-8-12(19)4-5-14(13)27-2/h4-5,8,11H,3,6-7,9-10H2,1-2H3,(H2,20,21,23,26)/t11-/m0/s1. The molecular weight excluding hydrogens is 390 g/mol. The van der Waals surface area contributed by atoms with Crippen LogP contribution in [0.15, 0.2) is 18.2 Å². The van der Waals surface area contributed by atoms with Crippen LogP contribution in [0.2, 0.25) is 5.02 Å². The number of imide groups is 1. The molecule has 0 spiro atoms. The van der Waals surface area contributed by atoms with Crippen LogP contribution in [0, 0.1) is 5.92 Å². The van der Waals surface area contributed by atoms with Crippen LogP contribution in [0.3, 0.4) is 0 Å². The molecule has 9 nitrogen and oxygen atoms in total. The molecule has 0 saturated carbocycles. The SMILES string of the molecule is CCCNC(=O)NC(=O)COC(=O)[C@H]1CC(=O)N(c2cc(Cl)ccc2OC)C1. The van der Waals surface area contributed by atoms with Gasteiger partial charge in [-0.15, -0.1) is 0 Å². The number of urea groups is 1. The number of esters is 1. The molecule has 1 heterocycles. The summed E-state index contributed by atoms with van der Waals surface area (Å²) >= 11 is 5.99. The van der Waals surface area contributed by atoms with Crippen LogP contribution in [-0.4, -0.2) is 50.6 Å². The fourth-order valence-corrected chi connectivity index (χ4v) is 2.84. The van der Waals surface area contributed by atoms with Crippen molar-refractivity contribution in [2.24, 2.45) is 5.92 Å². The summed E-state index contributed by atoms with van der Waals surface area (Å²) in [6, 6.07) is 4.18. The van der Waals surface area contributed by atoms with Gasteiger partial charge < -0.3 is 19.7 Å². The Morgan fingerprint density at radius 1 is 1.32 bits per heavy atom. The fraction of sp³-hybridized carbons (Fsp3) is 0.444. The number of halogens is 1. The van der Waals surface area contributed by atoms with Gasteiger partial charge in [-0.25, -0.2) is 4.79 Å². The number of ether oxygens (including phenoxy) is 2. The van der Waals surface area contributed by atoms with Crippen molar-refractivity contribution in [2.75, 3.05) is 31.7 Å². The van der Waals surface area contributed by atoms with E-state index in [4.69, 9.17) is 21.1 Å². The molecule has 0 radical (unpaired) electrons. The van der Waals surface area contributed by atoms with E-state index in [1.807, 2.05) is 6.92 Å². The second-order valence-corrected chi connectivity index (χ2v) is 6.57. The average molecular weight is 412 g/mol. The molecule has 2 rings (SSSR count). The van der Waals surface area contributed by atoms with E-state index in [1.165, 1.54) is 12.0 Å². The highest BCUT2D eigenvalue weighted by atomic mass is 35.5. The summed E-state index contributed by atoms with van der Waals surface area (Å²) in [5.74, 6) is -2.02. The number of amides is 4. The molecule has 1 atom stereocenters. The number of nitrogens with zero attached hydrogens (tertiary/aromatic N) is 1. The number of hydrogen-bond acceptors (Lipinski definition) is 6. The van der Waals surface area contributed by atoms with Crippen molar-refractivity contribution in [1.29, 1.82) is 0 Å². The minimum Gasteiger partial charge on any atom is -0.495 e. The Bertz CT molecular complexity index is 770. The van der Waals surface area contributed by atoms with Gasteiger partial charge in [0.25, 0.3) is 5.91 Å². The number of rotatable bonds is 7. The van der Waals surface area contributed by atoms with Crippen LogP contribution in [0.5, 0.6) is 5.75 Å². The van der Waals surface area contributed by atoms with Crippen molar-refractivity contribution in [3.8, 4) is 5.75 Å². The predicted octanol–water partition coefficient (Wildman–Crippen LogP) is 1.48. The Hall–Kier alpha value is -2.81. The Balaban J connectivity index is 1.91. The third-order valence-corrected chi connectivity index (χ3v) is 4.26. The second-order valence-electron chi connectivity index (χ2n) is 6.13. The van der Waals surface area contributed by atoms with Gasteiger partial charge in [0.15, 0.2) is 6.61 Å². The largest absolute Gasteiger partial charge is 0.495 e. The lowest BCUT2D eigenvalue weighted by molar-refractivity contribution is -0.152. The summed E-state index contributed by atoms with van der Waals surface area (Å²) < 4.78 is 10.2. The third-order valence-electron chi connectivity index (χ3n) is 4.02. The van der Waals surface area contributed by atoms with Gasteiger partial charge in [0.1, 0.15) is 5.75 Å². The highest BCUT2D eigenvalue weighted by Crippen LogP contribution is 2.35. The molecule has 1 saturated heterocycles. The zero-order valence-corrected chi connectivity index (χ0v) is 16.4. The van der Waals surface area contributed by atoms with Crippen LogP contribution in [0.4, 0.5) is 10.5 Å². The first-order valence-corrected chi connectivity index (χ1v) is 9.11. The number of anilines is 1. The molecule has 10 heteroatoms. The molecule has 0 bridgehead atoms. The van der Waals surface area contributed by atoms with Gasteiger partial charge in [-0.05, 0) is 24.6 Å². The van der Waals surface area contributed by atoms with Crippen molar-refractivity contribution in [3.05, 3.63) is 23.2 Å². The van der Waals surface area contributed by atoms with Gasteiger partial charge in [0.2, 0.25) is 5.91 Å². The lowest BCUT2D eigenvalue weighted by Crippen LogP contribution is -2.42. The molecule has 0 aliphatic carbocycles. The van der Waals surface area contributed by atoms with Crippen molar-refractivity contribution in [1.82, 2.24) is 10.6 Å².